The second-order valence-corrected chi connectivity index (χ2v) is 3.50. The molecule has 0 amide bonds. The summed E-state index contributed by atoms with van der Waals surface area (Å²) in [5, 5.41) is 8.67. The van der Waals surface area contributed by atoms with Crippen LogP contribution < -0.4 is 4.90 Å². The van der Waals surface area contributed by atoms with Crippen molar-refractivity contribution in [2.75, 3.05) is 18.0 Å². The number of hydrogen-bond acceptors (Lipinski definition) is 2. The highest BCUT2D eigenvalue weighted by molar-refractivity contribution is 5.74. The Kier molecular flexibility index (Phi) is 4.21. The molecule has 1 aromatic rings. The highest BCUT2D eigenvalue weighted by atomic mass is 19.4. The maximum Gasteiger partial charge on any atom is 0.416 e. The summed E-state index contributed by atoms with van der Waals surface area (Å²) in [5.74, 6) is 1.15. The van der Waals surface area contributed by atoms with E-state index in [1.165, 1.54) is 17.0 Å². The number of hydrogen-bond donors (Lipinski definition) is 1. The zero-order valence-corrected chi connectivity index (χ0v) is 9.24. The number of alkyl halides is 3. The summed E-state index contributed by atoms with van der Waals surface area (Å²) in [5.41, 5.74) is -0.453. The van der Waals surface area contributed by atoms with Crippen molar-refractivity contribution in [3.63, 3.8) is 0 Å². The van der Waals surface area contributed by atoms with Crippen LogP contribution in [-0.2, 0) is 11.0 Å². The molecule has 1 rings (SSSR count). The number of benzene rings is 1. The van der Waals surface area contributed by atoms with E-state index in [0.717, 1.165) is 12.1 Å². The van der Waals surface area contributed by atoms with Crippen molar-refractivity contribution in [1.29, 1.82) is 0 Å². The van der Waals surface area contributed by atoms with Crippen LogP contribution in [-0.4, -0.2) is 24.2 Å². The van der Waals surface area contributed by atoms with Gasteiger partial charge in [-0.25, -0.2) is 0 Å². The monoisotopic (exact) mass is 257 g/mol. The highest BCUT2D eigenvalue weighted by Gasteiger charge is 2.30. The van der Waals surface area contributed by atoms with Gasteiger partial charge in [-0.05, 0) is 24.3 Å². The normalized spacial score (nSPS) is 10.8. The number of carboxylic acid groups (broad SMARTS) is 1. The quantitative estimate of drug-likeness (QED) is 0.841. The number of aliphatic carboxylic acids is 1. The Bertz CT molecular complexity index is 460. The van der Waals surface area contributed by atoms with Gasteiger partial charge in [-0.2, -0.15) is 13.2 Å². The fourth-order valence-corrected chi connectivity index (χ4v) is 1.37. The van der Waals surface area contributed by atoms with E-state index in [0.29, 0.717) is 5.69 Å². The zero-order chi connectivity index (χ0) is 13.8. The van der Waals surface area contributed by atoms with Crippen LogP contribution >= 0.6 is 0 Å². The van der Waals surface area contributed by atoms with E-state index in [1.54, 1.807) is 0 Å². The lowest BCUT2D eigenvalue weighted by atomic mass is 10.2. The molecular weight excluding hydrogens is 247 g/mol. The van der Waals surface area contributed by atoms with Crippen LogP contribution in [0.25, 0.3) is 0 Å². The number of carbonyl (C=O) groups is 1. The zero-order valence-electron chi connectivity index (χ0n) is 9.24. The largest absolute Gasteiger partial charge is 0.480 e. The van der Waals surface area contributed by atoms with E-state index in [-0.39, 0.29) is 13.1 Å². The summed E-state index contributed by atoms with van der Waals surface area (Å²) in [6.07, 6.45) is 0.663. The predicted molar refractivity (Wildman–Crippen MR) is 60.1 cm³/mol. The van der Waals surface area contributed by atoms with Gasteiger partial charge >= 0.3 is 12.1 Å². The summed E-state index contributed by atoms with van der Waals surface area (Å²) < 4.78 is 37.0. The fraction of sp³-hybridized carbons (Fsp3) is 0.250. The lowest BCUT2D eigenvalue weighted by Crippen LogP contribution is -2.29. The Labute approximate surface area is 102 Å². The molecule has 0 unspecified atom stereocenters. The van der Waals surface area contributed by atoms with E-state index < -0.39 is 17.7 Å². The van der Waals surface area contributed by atoms with Crippen molar-refractivity contribution >= 4 is 11.7 Å². The number of nitrogens with zero attached hydrogens (tertiary/aromatic N) is 1. The minimum Gasteiger partial charge on any atom is -0.480 e. The Morgan fingerprint density at radius 2 is 1.89 bits per heavy atom. The third kappa shape index (κ3) is 3.70. The Hall–Kier alpha value is -2.16. The second-order valence-electron chi connectivity index (χ2n) is 3.50. The number of rotatable bonds is 4. The van der Waals surface area contributed by atoms with Gasteiger partial charge in [0.25, 0.3) is 0 Å². The van der Waals surface area contributed by atoms with Gasteiger partial charge in [0.15, 0.2) is 0 Å². The van der Waals surface area contributed by atoms with E-state index in [4.69, 9.17) is 11.5 Å². The van der Waals surface area contributed by atoms with Crippen LogP contribution in [0.15, 0.2) is 24.3 Å². The maximum atomic E-state index is 12.3. The molecule has 1 N–H and O–H groups in total. The Balaban J connectivity index is 2.94. The van der Waals surface area contributed by atoms with Gasteiger partial charge in [-0.15, -0.1) is 6.42 Å². The highest BCUT2D eigenvalue weighted by Crippen LogP contribution is 2.30. The van der Waals surface area contributed by atoms with Gasteiger partial charge in [0.2, 0.25) is 0 Å². The first-order valence-corrected chi connectivity index (χ1v) is 4.92. The molecule has 0 saturated heterocycles. The van der Waals surface area contributed by atoms with Gasteiger partial charge in [-0.1, -0.05) is 5.92 Å². The summed E-state index contributed by atoms with van der Waals surface area (Å²) in [7, 11) is 0. The molecule has 0 saturated carbocycles. The summed E-state index contributed by atoms with van der Waals surface area (Å²) in [6, 6.07) is 4.17. The molecule has 3 nitrogen and oxygen atoms in total. The molecular formula is C12H10F3NO2. The molecule has 0 aliphatic heterocycles. The first-order valence-electron chi connectivity index (χ1n) is 4.92. The average Bonchev–Trinajstić information content (AvgIpc) is 2.27. The first kappa shape index (κ1) is 13.9. The maximum absolute atomic E-state index is 12.3. The topological polar surface area (TPSA) is 40.5 Å². The molecule has 0 aliphatic carbocycles. The van der Waals surface area contributed by atoms with E-state index in [1.807, 2.05) is 0 Å². The Morgan fingerprint density at radius 3 is 2.28 bits per heavy atom. The van der Waals surface area contributed by atoms with Crippen molar-refractivity contribution in [3.05, 3.63) is 29.8 Å². The second kappa shape index (κ2) is 5.45. The molecule has 0 bridgehead atoms. The van der Waals surface area contributed by atoms with Crippen molar-refractivity contribution in [1.82, 2.24) is 0 Å². The third-order valence-electron chi connectivity index (χ3n) is 2.17. The van der Waals surface area contributed by atoms with Crippen LogP contribution in [0.3, 0.4) is 0 Å². The molecule has 0 aliphatic rings. The van der Waals surface area contributed by atoms with Crippen molar-refractivity contribution in [2.45, 2.75) is 6.18 Å². The van der Waals surface area contributed by atoms with Crippen LogP contribution in [0.2, 0.25) is 0 Å². The molecule has 18 heavy (non-hydrogen) atoms. The standard InChI is InChI=1S/C12H10F3NO2/c1-2-7-16(8-11(17)18)10-5-3-9(4-6-10)12(13,14)15/h1,3-6H,7-8H2,(H,17,18). The molecule has 0 aromatic heterocycles. The van der Waals surface area contributed by atoms with Gasteiger partial charge in [0, 0.05) is 5.69 Å². The summed E-state index contributed by atoms with van der Waals surface area (Å²) in [6.45, 7) is -0.354. The Morgan fingerprint density at radius 1 is 1.33 bits per heavy atom. The first-order chi connectivity index (χ1) is 8.34. The lowest BCUT2D eigenvalue weighted by molar-refractivity contribution is -0.138. The molecule has 1 aromatic carbocycles. The van der Waals surface area contributed by atoms with E-state index >= 15 is 0 Å². The van der Waals surface area contributed by atoms with Crippen molar-refractivity contribution < 1.29 is 23.1 Å². The van der Waals surface area contributed by atoms with Crippen LogP contribution in [0.5, 0.6) is 0 Å². The number of terminal acetylenes is 1. The fourth-order valence-electron chi connectivity index (χ4n) is 1.37. The molecule has 0 spiro atoms. The van der Waals surface area contributed by atoms with Crippen LogP contribution in [0.4, 0.5) is 18.9 Å². The molecule has 6 heteroatoms. The van der Waals surface area contributed by atoms with Crippen LogP contribution in [0, 0.1) is 12.3 Å². The molecule has 0 fully saturated rings. The minimum absolute atomic E-state index is 0.0116. The number of anilines is 1. The molecule has 96 valence electrons. The lowest BCUT2D eigenvalue weighted by Gasteiger charge is -2.20. The van der Waals surface area contributed by atoms with Crippen molar-refractivity contribution in [3.8, 4) is 12.3 Å². The van der Waals surface area contributed by atoms with E-state index in [9.17, 15) is 18.0 Å². The third-order valence-corrected chi connectivity index (χ3v) is 2.17. The van der Waals surface area contributed by atoms with Gasteiger partial charge < -0.3 is 10.0 Å². The van der Waals surface area contributed by atoms with Gasteiger partial charge in [0.1, 0.15) is 6.54 Å². The smallest absolute Gasteiger partial charge is 0.416 e. The molecule has 0 heterocycles. The molecule has 0 atom stereocenters. The van der Waals surface area contributed by atoms with Gasteiger partial charge in [-0.3, -0.25) is 4.79 Å². The van der Waals surface area contributed by atoms with Crippen molar-refractivity contribution in [2.24, 2.45) is 0 Å². The van der Waals surface area contributed by atoms with E-state index in [2.05, 4.69) is 5.92 Å². The number of halogens is 3. The van der Waals surface area contributed by atoms with Crippen LogP contribution in [0.1, 0.15) is 5.56 Å². The van der Waals surface area contributed by atoms with Gasteiger partial charge in [0.05, 0.1) is 12.1 Å². The number of carboxylic acids is 1. The minimum atomic E-state index is -4.41. The summed E-state index contributed by atoms with van der Waals surface area (Å²) >= 11 is 0. The predicted octanol–water partition coefficient (Wildman–Crippen LogP) is 2.23. The SMILES string of the molecule is C#CCN(CC(=O)O)c1ccc(C(F)(F)F)cc1. The summed E-state index contributed by atoms with van der Waals surface area (Å²) in [4.78, 5) is 11.9. The average molecular weight is 257 g/mol. The molecule has 0 radical (unpaired) electrons.